The van der Waals surface area contributed by atoms with Crippen LogP contribution in [0, 0.1) is 0 Å². The number of hydrogen-bond acceptors (Lipinski definition) is 5. The van der Waals surface area contributed by atoms with Gasteiger partial charge in [0, 0.05) is 0 Å². The molecule has 0 aromatic carbocycles. The van der Waals surface area contributed by atoms with E-state index in [1.807, 2.05) is 0 Å². The normalized spacial score (nSPS) is 20.8. The van der Waals surface area contributed by atoms with E-state index in [1.54, 1.807) is 6.92 Å². The number of aliphatic hydroxyl groups excluding tert-OH is 4. The largest absolute Gasteiger partial charge is 0.394 e. The molecule has 0 spiro atoms. The molecule has 4 atom stereocenters. The maximum atomic E-state index is 9.31. The molecule has 0 saturated carbocycles. The van der Waals surface area contributed by atoms with Crippen LogP contribution in [0.2, 0.25) is 0 Å². The Balaban J connectivity index is 4.01. The zero-order valence-electron chi connectivity index (χ0n) is 7.92. The SMILES string of the molecule is C[C@H](CO)OC(CO)[C@@H](O)[C@@H](C)O. The molecule has 4 N–H and O–H groups in total. The van der Waals surface area contributed by atoms with Crippen LogP contribution in [0.25, 0.3) is 0 Å². The van der Waals surface area contributed by atoms with Crippen molar-refractivity contribution in [1.29, 1.82) is 0 Å². The van der Waals surface area contributed by atoms with E-state index in [9.17, 15) is 5.11 Å². The summed E-state index contributed by atoms with van der Waals surface area (Å²) in [6, 6.07) is 0. The molecule has 0 aromatic rings. The van der Waals surface area contributed by atoms with Gasteiger partial charge in [0.25, 0.3) is 0 Å². The number of rotatable bonds is 6. The highest BCUT2D eigenvalue weighted by Crippen LogP contribution is 2.06. The van der Waals surface area contributed by atoms with E-state index >= 15 is 0 Å². The first-order valence-corrected chi connectivity index (χ1v) is 4.26. The third-order valence-corrected chi connectivity index (χ3v) is 1.72. The Labute approximate surface area is 77.6 Å². The fourth-order valence-electron chi connectivity index (χ4n) is 0.884. The second-order valence-electron chi connectivity index (χ2n) is 3.08. The second kappa shape index (κ2) is 6.28. The molecule has 0 heterocycles. The van der Waals surface area contributed by atoms with Crippen molar-refractivity contribution >= 4 is 0 Å². The maximum Gasteiger partial charge on any atom is 0.109 e. The smallest absolute Gasteiger partial charge is 0.109 e. The number of hydrogen-bond donors (Lipinski definition) is 4. The van der Waals surface area contributed by atoms with Gasteiger partial charge in [-0.05, 0) is 13.8 Å². The van der Waals surface area contributed by atoms with Crippen LogP contribution in [-0.4, -0.2) is 58.1 Å². The van der Waals surface area contributed by atoms with Gasteiger partial charge in [-0.15, -0.1) is 0 Å². The summed E-state index contributed by atoms with van der Waals surface area (Å²) in [4.78, 5) is 0. The Bertz CT molecular complexity index is 128. The van der Waals surface area contributed by atoms with Crippen molar-refractivity contribution in [3.63, 3.8) is 0 Å². The Morgan fingerprint density at radius 2 is 1.62 bits per heavy atom. The molecule has 13 heavy (non-hydrogen) atoms. The fraction of sp³-hybridized carbons (Fsp3) is 1.00. The van der Waals surface area contributed by atoms with Crippen LogP contribution in [0.5, 0.6) is 0 Å². The van der Waals surface area contributed by atoms with Crippen LogP contribution in [0.15, 0.2) is 0 Å². The van der Waals surface area contributed by atoms with Crippen molar-refractivity contribution in [3.8, 4) is 0 Å². The van der Waals surface area contributed by atoms with Crippen LogP contribution < -0.4 is 0 Å². The van der Waals surface area contributed by atoms with Gasteiger partial charge >= 0.3 is 0 Å². The Kier molecular flexibility index (Phi) is 6.19. The second-order valence-corrected chi connectivity index (χ2v) is 3.08. The van der Waals surface area contributed by atoms with Crippen LogP contribution in [-0.2, 0) is 4.74 Å². The molecule has 1 unspecified atom stereocenters. The first-order chi connectivity index (χ1) is 6.02. The van der Waals surface area contributed by atoms with Crippen LogP contribution in [0.4, 0.5) is 0 Å². The van der Waals surface area contributed by atoms with Crippen molar-refractivity contribution in [2.75, 3.05) is 13.2 Å². The predicted molar refractivity (Wildman–Crippen MR) is 46.2 cm³/mol. The first kappa shape index (κ1) is 12.8. The zero-order valence-corrected chi connectivity index (χ0v) is 7.92. The molecule has 0 aliphatic rings. The third-order valence-electron chi connectivity index (χ3n) is 1.72. The van der Waals surface area contributed by atoms with Gasteiger partial charge < -0.3 is 25.2 Å². The zero-order chi connectivity index (χ0) is 10.4. The highest BCUT2D eigenvalue weighted by Gasteiger charge is 2.25. The van der Waals surface area contributed by atoms with E-state index in [1.165, 1.54) is 6.92 Å². The molecule has 0 amide bonds. The molecule has 0 rings (SSSR count). The Morgan fingerprint density at radius 1 is 1.08 bits per heavy atom. The number of ether oxygens (including phenoxy) is 1. The predicted octanol–water partition coefficient (Wildman–Crippen LogP) is -1.51. The Hall–Kier alpha value is -0.200. The summed E-state index contributed by atoms with van der Waals surface area (Å²) >= 11 is 0. The van der Waals surface area contributed by atoms with Gasteiger partial charge in [0.1, 0.15) is 12.2 Å². The highest BCUT2D eigenvalue weighted by atomic mass is 16.5. The van der Waals surface area contributed by atoms with Gasteiger partial charge in [0.2, 0.25) is 0 Å². The summed E-state index contributed by atoms with van der Waals surface area (Å²) in [7, 11) is 0. The van der Waals surface area contributed by atoms with E-state index in [0.717, 1.165) is 0 Å². The lowest BCUT2D eigenvalue weighted by Gasteiger charge is -2.25. The molecular weight excluding hydrogens is 176 g/mol. The molecule has 0 radical (unpaired) electrons. The molecule has 0 aromatic heterocycles. The molecular formula is C8H18O5. The van der Waals surface area contributed by atoms with Gasteiger partial charge in [-0.1, -0.05) is 0 Å². The number of aliphatic hydroxyl groups is 4. The maximum absolute atomic E-state index is 9.31. The minimum absolute atomic E-state index is 0.191. The van der Waals surface area contributed by atoms with Crippen LogP contribution in [0.1, 0.15) is 13.8 Å². The van der Waals surface area contributed by atoms with E-state index in [0.29, 0.717) is 0 Å². The van der Waals surface area contributed by atoms with E-state index in [4.69, 9.17) is 20.1 Å². The molecule has 0 aliphatic heterocycles. The molecule has 5 heteroatoms. The lowest BCUT2D eigenvalue weighted by Crippen LogP contribution is -2.42. The van der Waals surface area contributed by atoms with Gasteiger partial charge in [0.15, 0.2) is 0 Å². The average molecular weight is 194 g/mol. The minimum atomic E-state index is -1.14. The van der Waals surface area contributed by atoms with Gasteiger partial charge in [-0.25, -0.2) is 0 Å². The first-order valence-electron chi connectivity index (χ1n) is 4.26. The van der Waals surface area contributed by atoms with Crippen LogP contribution >= 0.6 is 0 Å². The summed E-state index contributed by atoms with van der Waals surface area (Å²) in [5.74, 6) is 0. The van der Waals surface area contributed by atoms with Crippen molar-refractivity contribution in [1.82, 2.24) is 0 Å². The summed E-state index contributed by atoms with van der Waals surface area (Å²) in [5.41, 5.74) is 0. The van der Waals surface area contributed by atoms with Gasteiger partial charge in [0.05, 0.1) is 25.4 Å². The summed E-state index contributed by atoms with van der Waals surface area (Å²) < 4.78 is 5.06. The molecule has 0 bridgehead atoms. The lowest BCUT2D eigenvalue weighted by atomic mass is 10.1. The highest BCUT2D eigenvalue weighted by molar-refractivity contribution is 4.73. The lowest BCUT2D eigenvalue weighted by molar-refractivity contribution is -0.131. The van der Waals surface area contributed by atoms with E-state index in [2.05, 4.69) is 0 Å². The quantitative estimate of drug-likeness (QED) is 0.412. The summed E-state index contributed by atoms with van der Waals surface area (Å²) in [6.07, 6.45) is -3.44. The molecule has 0 fully saturated rings. The van der Waals surface area contributed by atoms with Crippen molar-refractivity contribution in [2.24, 2.45) is 0 Å². The Morgan fingerprint density at radius 3 is 1.92 bits per heavy atom. The molecule has 0 saturated heterocycles. The van der Waals surface area contributed by atoms with Gasteiger partial charge in [-0.3, -0.25) is 0 Å². The standard InChI is InChI=1S/C8H18O5/c1-5(3-9)13-7(4-10)8(12)6(2)11/h5-12H,3-4H2,1-2H3/t5-,6-,7?,8+/m1/s1. The summed E-state index contributed by atoms with van der Waals surface area (Å²) in [6.45, 7) is 2.43. The third kappa shape index (κ3) is 4.54. The van der Waals surface area contributed by atoms with E-state index < -0.39 is 31.0 Å². The topological polar surface area (TPSA) is 90.2 Å². The summed E-state index contributed by atoms with van der Waals surface area (Å²) in [5, 5.41) is 35.8. The van der Waals surface area contributed by atoms with E-state index in [-0.39, 0.29) is 6.61 Å². The van der Waals surface area contributed by atoms with Crippen LogP contribution in [0.3, 0.4) is 0 Å². The average Bonchev–Trinajstić information content (AvgIpc) is 2.12. The van der Waals surface area contributed by atoms with Crippen molar-refractivity contribution in [3.05, 3.63) is 0 Å². The minimum Gasteiger partial charge on any atom is -0.394 e. The van der Waals surface area contributed by atoms with Crippen molar-refractivity contribution < 1.29 is 25.2 Å². The van der Waals surface area contributed by atoms with Gasteiger partial charge in [-0.2, -0.15) is 0 Å². The van der Waals surface area contributed by atoms with Crippen molar-refractivity contribution in [2.45, 2.75) is 38.3 Å². The molecule has 80 valence electrons. The fourth-order valence-corrected chi connectivity index (χ4v) is 0.884. The molecule has 0 aliphatic carbocycles. The monoisotopic (exact) mass is 194 g/mol. The molecule has 5 nitrogen and oxygen atoms in total.